The number of hydrogen-bond acceptors (Lipinski definition) is 6. The fraction of sp³-hybridized carbons (Fsp3) is 0.892. The normalized spacial score (nSPS) is 12.3. The Morgan fingerprint density at radius 2 is 0.915 bits per heavy atom. The van der Waals surface area contributed by atoms with E-state index in [1.54, 1.807) is 0 Å². The molecule has 0 saturated carbocycles. The molecule has 0 saturated heterocycles. The van der Waals surface area contributed by atoms with Gasteiger partial charge < -0.3 is 19.3 Å². The van der Waals surface area contributed by atoms with Crippen molar-refractivity contribution in [3.8, 4) is 0 Å². The summed E-state index contributed by atoms with van der Waals surface area (Å²) in [4.78, 5) is 42.7. The minimum absolute atomic E-state index is 0. The zero-order valence-electron chi connectivity index (χ0n) is 30.7. The zero-order chi connectivity index (χ0) is 34.0. The minimum atomic E-state index is -4.74. The van der Waals surface area contributed by atoms with E-state index in [-0.39, 0.29) is 49.0 Å². The molecule has 273 valence electrons. The fourth-order valence-electron chi connectivity index (χ4n) is 5.43. The summed E-state index contributed by atoms with van der Waals surface area (Å²) in [5.74, 6) is -0.887. The van der Waals surface area contributed by atoms with Crippen molar-refractivity contribution in [3.05, 3.63) is 12.2 Å². The second-order valence-corrected chi connectivity index (χ2v) is 14.1. The van der Waals surface area contributed by atoms with E-state index in [0.717, 1.165) is 51.4 Å². The van der Waals surface area contributed by atoms with Gasteiger partial charge in [0.1, 0.15) is 6.61 Å². The third-order valence-corrected chi connectivity index (χ3v) is 8.77. The molecule has 0 heterocycles. The van der Waals surface area contributed by atoms with Crippen molar-refractivity contribution in [2.75, 3.05) is 13.2 Å². The number of ether oxygens (including phenoxy) is 2. The van der Waals surface area contributed by atoms with Crippen LogP contribution in [-0.4, -0.2) is 70.6 Å². The van der Waals surface area contributed by atoms with Gasteiger partial charge in [0.15, 0.2) is 6.10 Å². The zero-order valence-corrected chi connectivity index (χ0v) is 33.6. The maximum Gasteiger partial charge on any atom is 0.469 e. The molecule has 0 unspecified atom stereocenters. The molecule has 0 fully saturated rings. The molecule has 0 amide bonds. The number of carbonyl (C=O) groups excluding carboxylic acids is 2. The number of phosphoric acid groups is 1. The number of carbonyl (C=O) groups is 2. The van der Waals surface area contributed by atoms with Crippen molar-refractivity contribution >= 4 is 49.3 Å². The molecule has 0 rings (SSSR count). The first-order valence-corrected chi connectivity index (χ1v) is 20.5. The second kappa shape index (κ2) is 37.1. The van der Waals surface area contributed by atoms with Crippen LogP contribution in [0, 0.1) is 0 Å². The predicted molar refractivity (Wildman–Crippen MR) is 194 cm³/mol. The molecule has 0 spiro atoms. The average Bonchev–Trinajstić information content (AvgIpc) is 3.02. The summed E-state index contributed by atoms with van der Waals surface area (Å²) < 4.78 is 26.3. The number of allylic oxidation sites excluding steroid dienone is 2. The maximum absolute atomic E-state index is 12.3. The van der Waals surface area contributed by atoms with Gasteiger partial charge in [-0.1, -0.05) is 154 Å². The SMILES string of the molecule is CCCCCCCCC=CCCCCCCCC(=O)O[C@H](COC(=O)CCCCCCCCCCCCCCC)COP(=O)(O)O.[Na]. The summed E-state index contributed by atoms with van der Waals surface area (Å²) in [5.41, 5.74) is 0. The molecule has 47 heavy (non-hydrogen) atoms. The van der Waals surface area contributed by atoms with Crippen molar-refractivity contribution in [2.24, 2.45) is 0 Å². The molecule has 1 radical (unpaired) electrons. The van der Waals surface area contributed by atoms with Crippen molar-refractivity contribution in [1.29, 1.82) is 0 Å². The average molecular weight is 698 g/mol. The van der Waals surface area contributed by atoms with E-state index in [0.29, 0.717) is 6.42 Å². The Hall–Kier alpha value is -0.210. The smallest absolute Gasteiger partial charge is 0.462 e. The van der Waals surface area contributed by atoms with Gasteiger partial charge in [-0.3, -0.25) is 14.1 Å². The van der Waals surface area contributed by atoms with Crippen LogP contribution in [0.5, 0.6) is 0 Å². The Bertz CT molecular complexity index is 773. The summed E-state index contributed by atoms with van der Waals surface area (Å²) in [6.07, 6.45) is 35.0. The molecule has 0 aromatic heterocycles. The van der Waals surface area contributed by atoms with Crippen LogP contribution in [0.15, 0.2) is 12.2 Å². The van der Waals surface area contributed by atoms with E-state index >= 15 is 0 Å². The summed E-state index contributed by atoms with van der Waals surface area (Å²) >= 11 is 0. The number of esters is 2. The third kappa shape index (κ3) is 40.1. The second-order valence-electron chi connectivity index (χ2n) is 12.9. The van der Waals surface area contributed by atoms with Crippen molar-refractivity contribution in [3.63, 3.8) is 0 Å². The quantitative estimate of drug-likeness (QED) is 0.0221. The molecule has 1 atom stereocenters. The fourth-order valence-corrected chi connectivity index (χ4v) is 5.79. The monoisotopic (exact) mass is 697 g/mol. The maximum atomic E-state index is 12.3. The Morgan fingerprint density at radius 1 is 0.553 bits per heavy atom. The van der Waals surface area contributed by atoms with Crippen molar-refractivity contribution in [2.45, 2.75) is 200 Å². The molecule has 8 nitrogen and oxygen atoms in total. The minimum Gasteiger partial charge on any atom is -0.462 e. The van der Waals surface area contributed by atoms with Gasteiger partial charge >= 0.3 is 19.8 Å². The van der Waals surface area contributed by atoms with E-state index < -0.39 is 32.5 Å². The van der Waals surface area contributed by atoms with E-state index in [9.17, 15) is 14.2 Å². The molecule has 0 aliphatic carbocycles. The topological polar surface area (TPSA) is 119 Å². The summed E-state index contributed by atoms with van der Waals surface area (Å²) in [7, 11) is -4.74. The van der Waals surface area contributed by atoms with E-state index in [1.807, 2.05) is 0 Å². The Morgan fingerprint density at radius 3 is 1.32 bits per heavy atom. The third-order valence-electron chi connectivity index (χ3n) is 8.28. The summed E-state index contributed by atoms with van der Waals surface area (Å²) in [6.45, 7) is 3.67. The van der Waals surface area contributed by atoms with Crippen molar-refractivity contribution in [1.82, 2.24) is 0 Å². The molecule has 0 bridgehead atoms. The number of rotatable bonds is 35. The molecule has 0 aliphatic rings. The Balaban J connectivity index is 0. The predicted octanol–water partition coefficient (Wildman–Crippen LogP) is 10.7. The molecular formula is C37H71NaO8P. The Labute approximate surface area is 310 Å². The van der Waals surface area contributed by atoms with E-state index in [1.165, 1.54) is 109 Å². The number of phosphoric ester groups is 1. The van der Waals surface area contributed by atoms with Gasteiger partial charge in [-0.25, -0.2) is 4.57 Å². The molecule has 10 heteroatoms. The molecule has 0 aliphatic heterocycles. The van der Waals surface area contributed by atoms with Crippen LogP contribution in [0.4, 0.5) is 0 Å². The van der Waals surface area contributed by atoms with Crippen LogP contribution in [0.2, 0.25) is 0 Å². The first kappa shape index (κ1) is 48.9. The standard InChI is InChI=1S/C37H71O8P.Na/c1-3-5-7-9-11-13-15-17-18-20-22-24-26-28-30-32-37(39)45-35(34-44-46(40,41)42)33-43-36(38)31-29-27-25-23-21-19-16-14-12-10-8-6-4-2;/h17-18,35H,3-16,19-34H2,1-2H3,(H2,40,41,42);/t35-;/m1./s1. The molecule has 0 aromatic rings. The van der Waals surface area contributed by atoms with Gasteiger partial charge in [0, 0.05) is 42.4 Å². The van der Waals surface area contributed by atoms with Crippen LogP contribution < -0.4 is 0 Å². The van der Waals surface area contributed by atoms with Crippen LogP contribution in [-0.2, 0) is 28.2 Å². The Kier molecular flexibility index (Phi) is 38.6. The van der Waals surface area contributed by atoms with Crippen LogP contribution in [0.3, 0.4) is 0 Å². The molecular weight excluding hydrogens is 626 g/mol. The van der Waals surface area contributed by atoms with Crippen LogP contribution in [0.1, 0.15) is 194 Å². The first-order chi connectivity index (χ1) is 22.3. The van der Waals surface area contributed by atoms with Gasteiger partial charge in [-0.15, -0.1) is 0 Å². The summed E-state index contributed by atoms with van der Waals surface area (Å²) in [6, 6.07) is 0. The number of unbranched alkanes of at least 4 members (excludes halogenated alkanes) is 23. The largest absolute Gasteiger partial charge is 0.469 e. The van der Waals surface area contributed by atoms with Crippen LogP contribution >= 0.6 is 7.82 Å². The van der Waals surface area contributed by atoms with Gasteiger partial charge in [0.25, 0.3) is 0 Å². The van der Waals surface area contributed by atoms with Crippen molar-refractivity contribution < 1.29 is 37.9 Å². The van der Waals surface area contributed by atoms with Gasteiger partial charge in [0.2, 0.25) is 0 Å². The molecule has 2 N–H and O–H groups in total. The first-order valence-electron chi connectivity index (χ1n) is 19.0. The van der Waals surface area contributed by atoms with Gasteiger partial charge in [0.05, 0.1) is 6.61 Å². The van der Waals surface area contributed by atoms with E-state index in [2.05, 4.69) is 30.5 Å². The van der Waals surface area contributed by atoms with E-state index in [4.69, 9.17) is 19.3 Å². The van der Waals surface area contributed by atoms with Gasteiger partial charge in [-0.2, -0.15) is 0 Å². The number of hydrogen-bond donors (Lipinski definition) is 2. The summed E-state index contributed by atoms with van der Waals surface area (Å²) in [5, 5.41) is 0. The molecule has 0 aromatic carbocycles. The van der Waals surface area contributed by atoms with Crippen LogP contribution in [0.25, 0.3) is 0 Å². The van der Waals surface area contributed by atoms with Gasteiger partial charge in [-0.05, 0) is 38.5 Å².